The Hall–Kier alpha value is -7.21. The van der Waals surface area contributed by atoms with E-state index < -0.39 is 5.63 Å². The van der Waals surface area contributed by atoms with Crippen LogP contribution < -0.4 is 16.5 Å². The minimum absolute atomic E-state index is 0.109. The Bertz CT molecular complexity index is 2150. The van der Waals surface area contributed by atoms with Gasteiger partial charge in [-0.05, 0) is 41.3 Å². The molecule has 1 aromatic heterocycles. The number of hydrogen-bond donors (Lipinski definition) is 1. The van der Waals surface area contributed by atoms with Crippen LogP contribution in [0.5, 0.6) is 0 Å². The molecule has 0 fully saturated rings. The van der Waals surface area contributed by atoms with Gasteiger partial charge in [0, 0.05) is 23.8 Å². The van der Waals surface area contributed by atoms with Crippen molar-refractivity contribution >= 4 is 29.2 Å². The molecule has 0 atom stereocenters. The van der Waals surface area contributed by atoms with E-state index in [2.05, 4.69) is 15.6 Å². The molecular formula is C35H21N7O2. The molecule has 0 saturated carbocycles. The number of nitrogens with one attached hydrogen (secondary N) is 1. The van der Waals surface area contributed by atoms with Gasteiger partial charge in [0.25, 0.3) is 11.4 Å². The molecule has 208 valence electrons. The van der Waals surface area contributed by atoms with Gasteiger partial charge in [0.2, 0.25) is 5.55 Å². The third-order valence-corrected chi connectivity index (χ3v) is 6.06. The Labute approximate surface area is 253 Å². The summed E-state index contributed by atoms with van der Waals surface area (Å²) >= 11 is 0. The van der Waals surface area contributed by atoms with E-state index in [0.717, 1.165) is 0 Å². The van der Waals surface area contributed by atoms with Crippen LogP contribution in [0.1, 0.15) is 11.1 Å². The summed E-state index contributed by atoms with van der Waals surface area (Å²) in [4.78, 5) is 19.1. The van der Waals surface area contributed by atoms with Crippen molar-refractivity contribution in [2.45, 2.75) is 0 Å². The molecule has 0 aliphatic heterocycles. The van der Waals surface area contributed by atoms with Crippen molar-refractivity contribution in [2.75, 3.05) is 0 Å². The number of aromatic nitrogens is 1. The lowest BCUT2D eigenvalue weighted by molar-refractivity contribution is 0.472. The molecule has 2 aromatic carbocycles. The second-order valence-electron chi connectivity index (χ2n) is 8.61. The number of allylic oxidation sites excluding steroid dienone is 11. The second kappa shape index (κ2) is 15.5. The summed E-state index contributed by atoms with van der Waals surface area (Å²) in [6, 6.07) is 23.1. The van der Waals surface area contributed by atoms with Crippen LogP contribution in [-0.2, 0) is 7.05 Å². The molecule has 0 saturated heterocycles. The van der Waals surface area contributed by atoms with Gasteiger partial charge in [-0.15, -0.1) is 0 Å². The first-order valence-electron chi connectivity index (χ1n) is 12.7. The zero-order valence-corrected chi connectivity index (χ0v) is 23.3. The summed E-state index contributed by atoms with van der Waals surface area (Å²) in [5, 5.41) is 36.6. The van der Waals surface area contributed by atoms with E-state index in [-0.39, 0.29) is 44.6 Å². The van der Waals surface area contributed by atoms with Crippen LogP contribution in [-0.4, -0.2) is 10.4 Å². The van der Waals surface area contributed by atoms with Gasteiger partial charge in [0.15, 0.2) is 0 Å². The van der Waals surface area contributed by atoms with E-state index in [1.807, 2.05) is 18.2 Å². The number of oxazole rings is 1. The average molecular weight is 572 g/mol. The van der Waals surface area contributed by atoms with Crippen molar-refractivity contribution in [3.8, 4) is 18.2 Å². The first-order chi connectivity index (χ1) is 21.4. The molecule has 0 aliphatic rings. The van der Waals surface area contributed by atoms with Crippen molar-refractivity contribution in [3.05, 3.63) is 169 Å². The van der Waals surface area contributed by atoms with Crippen LogP contribution in [0.15, 0.2) is 123 Å². The normalized spacial score (nSPS) is 13.1. The number of nitrogens with zero attached hydrogens (tertiary/aromatic N) is 6. The summed E-state index contributed by atoms with van der Waals surface area (Å²) in [6.07, 6.45) is 10.5. The largest absolute Gasteiger partial charge is 0.405 e. The van der Waals surface area contributed by atoms with Crippen LogP contribution >= 0.6 is 0 Å². The molecular weight excluding hydrogens is 550 g/mol. The minimum atomic E-state index is -0.631. The zero-order valence-electron chi connectivity index (χ0n) is 23.3. The van der Waals surface area contributed by atoms with Crippen molar-refractivity contribution in [1.29, 1.82) is 21.2 Å². The molecule has 1 N–H and O–H groups in total. The molecule has 0 spiro atoms. The van der Waals surface area contributed by atoms with Crippen LogP contribution in [0.25, 0.3) is 33.0 Å². The van der Waals surface area contributed by atoms with Crippen molar-refractivity contribution in [3.63, 3.8) is 0 Å². The number of nitriles is 3. The molecule has 3 aromatic rings. The molecule has 3 rings (SSSR count). The SMILES string of the molecule is [C-]#[N+]/C(C#N)=C(\C(=C=N)/C=C/C=c1\c(=O)o\c(=C/C=C/C=C(C#N)/C(=C(\C#N)[N+]#[C-])c2ccccc2)n1C)c1ccccc1. The quantitative estimate of drug-likeness (QED) is 0.176. The number of benzene rings is 2. The highest BCUT2D eigenvalue weighted by Gasteiger charge is 2.14. The van der Waals surface area contributed by atoms with E-state index in [9.17, 15) is 20.6 Å². The molecule has 44 heavy (non-hydrogen) atoms. The van der Waals surface area contributed by atoms with Crippen LogP contribution in [0.2, 0.25) is 0 Å². The van der Waals surface area contributed by atoms with Gasteiger partial charge in [0.1, 0.15) is 5.35 Å². The maximum Gasteiger partial charge on any atom is 0.361 e. The summed E-state index contributed by atoms with van der Waals surface area (Å²) in [5.74, 6) is 2.27. The van der Waals surface area contributed by atoms with Crippen LogP contribution in [0.3, 0.4) is 0 Å². The van der Waals surface area contributed by atoms with Gasteiger partial charge in [-0.25, -0.2) is 25.0 Å². The summed E-state index contributed by atoms with van der Waals surface area (Å²) in [5.41, 5.74) is 1.02. The number of rotatable bonds is 8. The Morgan fingerprint density at radius 2 is 1.41 bits per heavy atom. The van der Waals surface area contributed by atoms with Gasteiger partial charge in [-0.1, -0.05) is 78.9 Å². The average Bonchev–Trinajstić information content (AvgIpc) is 3.33. The van der Waals surface area contributed by atoms with Crippen molar-refractivity contribution in [1.82, 2.24) is 4.57 Å². The summed E-state index contributed by atoms with van der Waals surface area (Å²) in [6.45, 7) is 14.7. The molecule has 0 radical (unpaired) electrons. The smallest absolute Gasteiger partial charge is 0.361 e. The summed E-state index contributed by atoms with van der Waals surface area (Å²) in [7, 11) is 1.61. The van der Waals surface area contributed by atoms with Gasteiger partial charge in [0.05, 0.1) is 36.9 Å². The third kappa shape index (κ3) is 7.30. The number of hydrogen-bond acceptors (Lipinski definition) is 6. The molecule has 9 nitrogen and oxygen atoms in total. The predicted octanol–water partition coefficient (Wildman–Crippen LogP) is 4.98. The van der Waals surface area contributed by atoms with E-state index in [0.29, 0.717) is 11.1 Å². The third-order valence-electron chi connectivity index (χ3n) is 6.06. The first kappa shape index (κ1) is 31.3. The Morgan fingerprint density at radius 1 is 0.841 bits per heavy atom. The first-order valence-corrected chi connectivity index (χ1v) is 12.7. The van der Waals surface area contributed by atoms with Crippen LogP contribution in [0, 0.1) is 52.5 Å². The van der Waals surface area contributed by atoms with E-state index in [4.69, 9.17) is 23.0 Å². The van der Waals surface area contributed by atoms with E-state index in [1.54, 1.807) is 73.8 Å². The molecule has 0 amide bonds. The zero-order chi connectivity index (χ0) is 31.9. The van der Waals surface area contributed by atoms with Gasteiger partial charge >= 0.3 is 5.63 Å². The van der Waals surface area contributed by atoms with Gasteiger partial charge in [-0.2, -0.15) is 5.26 Å². The fourth-order valence-electron chi connectivity index (χ4n) is 4.01. The van der Waals surface area contributed by atoms with Gasteiger partial charge < -0.3 is 8.98 Å². The molecule has 9 heteroatoms. The maximum atomic E-state index is 12.6. The van der Waals surface area contributed by atoms with E-state index in [1.165, 1.54) is 41.0 Å². The lowest BCUT2D eigenvalue weighted by Gasteiger charge is -2.07. The minimum Gasteiger partial charge on any atom is -0.405 e. The van der Waals surface area contributed by atoms with Gasteiger partial charge in [-0.3, -0.25) is 5.41 Å². The molecule has 0 unspecified atom stereocenters. The second-order valence-corrected chi connectivity index (χ2v) is 8.61. The molecule has 0 aliphatic carbocycles. The maximum absolute atomic E-state index is 12.6. The highest BCUT2D eigenvalue weighted by molar-refractivity contribution is 5.94. The molecule has 1 heterocycles. The Balaban J connectivity index is 1.99. The fraction of sp³-hybridized carbons (Fsp3) is 0.0286. The standard InChI is InChI=1S/C35H21N7O2/c1-40-29(23-38)33(25-13-6-4-7-14-25)27(21-36)17-10-11-20-32-42(3)31(35(43)44-32)19-12-18-28(22-37)34(30(24-39)41-2)26-15-8-5-9-16-26/h4-20,37H,3H3/b11-10+,18-12+,27-17+,31-19+,32-20-,33-29+,34-30-. The monoisotopic (exact) mass is 571 g/mol. The highest BCUT2D eigenvalue weighted by atomic mass is 16.4. The van der Waals surface area contributed by atoms with Crippen LogP contribution in [0.4, 0.5) is 0 Å². The van der Waals surface area contributed by atoms with Crippen molar-refractivity contribution < 1.29 is 4.42 Å². The Kier molecular flexibility index (Phi) is 11.1. The predicted molar refractivity (Wildman–Crippen MR) is 166 cm³/mol. The van der Waals surface area contributed by atoms with Crippen molar-refractivity contribution in [2.24, 2.45) is 7.05 Å². The topological polar surface area (TPSA) is 139 Å². The Morgan fingerprint density at radius 3 is 1.93 bits per heavy atom. The lowest BCUT2D eigenvalue weighted by atomic mass is 9.96. The molecule has 0 bridgehead atoms. The lowest BCUT2D eigenvalue weighted by Crippen LogP contribution is -2.29. The highest BCUT2D eigenvalue weighted by Crippen LogP contribution is 2.28. The fourth-order valence-corrected chi connectivity index (χ4v) is 4.01. The summed E-state index contributed by atoms with van der Waals surface area (Å²) < 4.78 is 6.84. The van der Waals surface area contributed by atoms with E-state index >= 15 is 0 Å².